The molecule has 17 heavy (non-hydrogen) atoms. The van der Waals surface area contributed by atoms with Crippen molar-refractivity contribution < 1.29 is 9.84 Å². The summed E-state index contributed by atoms with van der Waals surface area (Å²) in [6.07, 6.45) is 0. The molecular weight excluding hydrogens is 220 g/mol. The highest BCUT2D eigenvalue weighted by molar-refractivity contribution is 5.48. The maximum Gasteiger partial charge on any atom is 0.158 e. The Hall–Kier alpha value is -1.40. The average Bonchev–Trinajstić information content (AvgIpc) is 2.30. The first-order valence-corrected chi connectivity index (χ1v) is 5.64. The van der Waals surface area contributed by atoms with Crippen molar-refractivity contribution in [2.45, 2.75) is 13.5 Å². The Kier molecular flexibility index (Phi) is 5.65. The van der Waals surface area contributed by atoms with Crippen LogP contribution in [0.1, 0.15) is 12.7 Å². The Balaban J connectivity index is 2.93. The van der Waals surface area contributed by atoms with Gasteiger partial charge in [-0.1, -0.05) is 0 Å². The lowest BCUT2D eigenvalue weighted by atomic mass is 10.4. The molecule has 0 atom stereocenters. The molecule has 1 heterocycles. The Labute approximate surface area is 102 Å². The summed E-state index contributed by atoms with van der Waals surface area (Å²) in [6, 6.07) is 1.86. The number of ether oxygens (including phenoxy) is 1. The molecule has 0 saturated carbocycles. The molecule has 0 bridgehead atoms. The van der Waals surface area contributed by atoms with Crippen LogP contribution >= 0.6 is 0 Å². The van der Waals surface area contributed by atoms with Crippen molar-refractivity contribution in [2.75, 3.05) is 44.1 Å². The van der Waals surface area contributed by atoms with Crippen LogP contribution < -0.4 is 10.2 Å². The van der Waals surface area contributed by atoms with Gasteiger partial charge in [0.05, 0.1) is 6.61 Å². The van der Waals surface area contributed by atoms with Crippen LogP contribution in [0.25, 0.3) is 0 Å². The van der Waals surface area contributed by atoms with Gasteiger partial charge in [0.15, 0.2) is 5.82 Å². The van der Waals surface area contributed by atoms with Gasteiger partial charge in [-0.2, -0.15) is 0 Å². The maximum absolute atomic E-state index is 8.92. The topological polar surface area (TPSA) is 70.5 Å². The molecule has 0 spiro atoms. The minimum atomic E-state index is 0.0939. The van der Waals surface area contributed by atoms with Gasteiger partial charge in [0, 0.05) is 33.3 Å². The standard InChI is InChI=1S/C11H20N4O2/c1-4-12-9-7-11(15(2)5-6-16)14-10(13-9)8-17-3/h7,16H,4-6,8H2,1-3H3,(H,12,13,14). The summed E-state index contributed by atoms with van der Waals surface area (Å²) >= 11 is 0. The fourth-order valence-electron chi connectivity index (χ4n) is 1.41. The van der Waals surface area contributed by atoms with Crippen LogP contribution in [-0.4, -0.2) is 48.9 Å². The van der Waals surface area contributed by atoms with Crippen molar-refractivity contribution >= 4 is 11.6 Å². The lowest BCUT2D eigenvalue weighted by Gasteiger charge is -2.18. The van der Waals surface area contributed by atoms with Crippen LogP contribution in [-0.2, 0) is 11.3 Å². The third-order valence-electron chi connectivity index (χ3n) is 2.22. The molecule has 0 aromatic carbocycles. The second-order valence-corrected chi connectivity index (χ2v) is 3.64. The van der Waals surface area contributed by atoms with Crippen LogP contribution in [0.3, 0.4) is 0 Å². The molecule has 0 aliphatic carbocycles. The summed E-state index contributed by atoms with van der Waals surface area (Å²) < 4.78 is 5.04. The summed E-state index contributed by atoms with van der Waals surface area (Å²) in [6.45, 7) is 3.81. The van der Waals surface area contributed by atoms with E-state index in [1.54, 1.807) is 7.11 Å². The molecule has 0 aliphatic rings. The number of anilines is 2. The molecule has 0 saturated heterocycles. The number of hydrogen-bond acceptors (Lipinski definition) is 6. The smallest absolute Gasteiger partial charge is 0.158 e. The SMILES string of the molecule is CCNc1cc(N(C)CCO)nc(COC)n1. The van der Waals surface area contributed by atoms with Crippen LogP contribution in [0, 0.1) is 0 Å². The molecule has 1 aromatic rings. The summed E-state index contributed by atoms with van der Waals surface area (Å²) in [5.74, 6) is 2.18. The van der Waals surface area contributed by atoms with Gasteiger partial charge < -0.3 is 20.1 Å². The molecule has 0 radical (unpaired) electrons. The minimum Gasteiger partial charge on any atom is -0.395 e. The number of rotatable bonds is 7. The fourth-order valence-corrected chi connectivity index (χ4v) is 1.41. The first-order valence-electron chi connectivity index (χ1n) is 5.64. The van der Waals surface area contributed by atoms with Crippen molar-refractivity contribution in [1.82, 2.24) is 9.97 Å². The second kappa shape index (κ2) is 7.03. The zero-order valence-corrected chi connectivity index (χ0v) is 10.6. The Bertz CT molecular complexity index is 322. The summed E-state index contributed by atoms with van der Waals surface area (Å²) in [7, 11) is 3.49. The Morgan fingerprint density at radius 1 is 1.47 bits per heavy atom. The van der Waals surface area contributed by atoms with Crippen molar-refractivity contribution in [3.05, 3.63) is 11.9 Å². The average molecular weight is 240 g/mol. The van der Waals surface area contributed by atoms with E-state index in [4.69, 9.17) is 9.84 Å². The highest BCUT2D eigenvalue weighted by atomic mass is 16.5. The van der Waals surface area contributed by atoms with E-state index in [0.717, 1.165) is 18.2 Å². The summed E-state index contributed by atoms with van der Waals surface area (Å²) in [5.41, 5.74) is 0. The predicted octanol–water partition coefficient (Wildman–Crippen LogP) is 0.483. The fraction of sp³-hybridized carbons (Fsp3) is 0.636. The number of nitrogens with one attached hydrogen (secondary N) is 1. The Morgan fingerprint density at radius 2 is 2.24 bits per heavy atom. The number of aliphatic hydroxyl groups is 1. The zero-order chi connectivity index (χ0) is 12.7. The van der Waals surface area contributed by atoms with Crippen molar-refractivity contribution in [1.29, 1.82) is 0 Å². The van der Waals surface area contributed by atoms with Crippen molar-refractivity contribution in [3.63, 3.8) is 0 Å². The molecule has 2 N–H and O–H groups in total. The molecule has 1 rings (SSSR count). The van der Waals surface area contributed by atoms with E-state index in [2.05, 4.69) is 15.3 Å². The van der Waals surface area contributed by atoms with E-state index in [-0.39, 0.29) is 6.61 Å². The van der Waals surface area contributed by atoms with Crippen LogP contribution in [0.2, 0.25) is 0 Å². The van der Waals surface area contributed by atoms with E-state index in [0.29, 0.717) is 19.0 Å². The summed E-state index contributed by atoms with van der Waals surface area (Å²) in [4.78, 5) is 10.6. The van der Waals surface area contributed by atoms with Crippen LogP contribution in [0.5, 0.6) is 0 Å². The number of hydrogen-bond donors (Lipinski definition) is 2. The molecule has 1 aromatic heterocycles. The molecule has 6 heteroatoms. The number of aliphatic hydroxyl groups excluding tert-OH is 1. The van der Waals surface area contributed by atoms with Gasteiger partial charge in [-0.05, 0) is 6.92 Å². The normalized spacial score (nSPS) is 10.4. The van der Waals surface area contributed by atoms with E-state index in [1.807, 2.05) is 24.9 Å². The van der Waals surface area contributed by atoms with Gasteiger partial charge in [0.1, 0.15) is 18.2 Å². The first kappa shape index (κ1) is 13.7. The molecular formula is C11H20N4O2. The Morgan fingerprint density at radius 3 is 2.82 bits per heavy atom. The molecule has 0 fully saturated rings. The van der Waals surface area contributed by atoms with Gasteiger partial charge in [-0.3, -0.25) is 0 Å². The van der Waals surface area contributed by atoms with Crippen LogP contribution in [0.4, 0.5) is 11.6 Å². The van der Waals surface area contributed by atoms with E-state index < -0.39 is 0 Å². The van der Waals surface area contributed by atoms with Gasteiger partial charge >= 0.3 is 0 Å². The minimum absolute atomic E-state index is 0.0939. The lowest BCUT2D eigenvalue weighted by Crippen LogP contribution is -2.23. The quantitative estimate of drug-likeness (QED) is 0.722. The van der Waals surface area contributed by atoms with Crippen molar-refractivity contribution in [3.8, 4) is 0 Å². The second-order valence-electron chi connectivity index (χ2n) is 3.64. The molecule has 6 nitrogen and oxygen atoms in total. The van der Waals surface area contributed by atoms with Crippen LogP contribution in [0.15, 0.2) is 6.07 Å². The molecule has 0 aliphatic heterocycles. The third-order valence-corrected chi connectivity index (χ3v) is 2.22. The van der Waals surface area contributed by atoms with Gasteiger partial charge in [-0.15, -0.1) is 0 Å². The predicted molar refractivity (Wildman–Crippen MR) is 67.3 cm³/mol. The highest BCUT2D eigenvalue weighted by Crippen LogP contribution is 2.14. The first-order chi connectivity index (χ1) is 8.21. The van der Waals surface area contributed by atoms with Gasteiger partial charge in [-0.25, -0.2) is 9.97 Å². The highest BCUT2D eigenvalue weighted by Gasteiger charge is 2.07. The number of likely N-dealkylation sites (N-methyl/N-ethyl adjacent to an activating group) is 1. The lowest BCUT2D eigenvalue weighted by molar-refractivity contribution is 0.178. The molecule has 0 unspecified atom stereocenters. The maximum atomic E-state index is 8.92. The van der Waals surface area contributed by atoms with E-state index >= 15 is 0 Å². The largest absolute Gasteiger partial charge is 0.395 e. The monoisotopic (exact) mass is 240 g/mol. The number of nitrogens with zero attached hydrogens (tertiary/aromatic N) is 3. The van der Waals surface area contributed by atoms with E-state index in [1.165, 1.54) is 0 Å². The van der Waals surface area contributed by atoms with Gasteiger partial charge in [0.2, 0.25) is 0 Å². The number of methoxy groups -OCH3 is 1. The molecule has 96 valence electrons. The zero-order valence-electron chi connectivity index (χ0n) is 10.6. The third kappa shape index (κ3) is 4.16. The number of aromatic nitrogens is 2. The molecule has 0 amide bonds. The van der Waals surface area contributed by atoms with Gasteiger partial charge in [0.25, 0.3) is 0 Å². The van der Waals surface area contributed by atoms with E-state index in [9.17, 15) is 0 Å². The summed E-state index contributed by atoms with van der Waals surface area (Å²) in [5, 5.41) is 12.1. The van der Waals surface area contributed by atoms with Crippen molar-refractivity contribution in [2.24, 2.45) is 0 Å².